The molecule has 33 heavy (non-hydrogen) atoms. The number of carbonyl (C=O) groups excluding carboxylic acids is 2. The Labute approximate surface area is 196 Å². The van der Waals surface area contributed by atoms with Crippen LogP contribution in [0.15, 0.2) is 36.0 Å². The molecule has 0 spiro atoms. The van der Waals surface area contributed by atoms with Crippen LogP contribution in [0.5, 0.6) is 0 Å². The molecule has 3 rings (SSSR count). The number of aliphatic hydroxyl groups excluding tert-OH is 1. The van der Waals surface area contributed by atoms with Crippen molar-refractivity contribution in [3.05, 3.63) is 41.6 Å². The van der Waals surface area contributed by atoms with E-state index >= 15 is 0 Å². The maximum atomic E-state index is 12.6. The molecule has 1 aromatic carbocycles. The second-order valence-electron chi connectivity index (χ2n) is 10.3. The minimum atomic E-state index is -1.23. The average molecular weight is 456 g/mol. The summed E-state index contributed by atoms with van der Waals surface area (Å²) in [6.07, 6.45) is 6.24. The summed E-state index contributed by atoms with van der Waals surface area (Å²) in [4.78, 5) is 25.2. The molecule has 1 N–H and O–H groups in total. The number of cyclic esters (lactones) is 1. The van der Waals surface area contributed by atoms with Gasteiger partial charge in [0, 0.05) is 48.1 Å². The lowest BCUT2D eigenvalue weighted by atomic mass is 9.87. The number of esters is 2. The highest BCUT2D eigenvalue weighted by molar-refractivity contribution is 5.99. The van der Waals surface area contributed by atoms with Gasteiger partial charge in [0.2, 0.25) is 0 Å². The molecule has 6 heteroatoms. The van der Waals surface area contributed by atoms with E-state index in [0.717, 1.165) is 29.3 Å². The zero-order valence-corrected chi connectivity index (χ0v) is 20.5. The zero-order chi connectivity index (χ0) is 24.2. The number of hydrogen-bond donors (Lipinski definition) is 1. The summed E-state index contributed by atoms with van der Waals surface area (Å²) in [6, 6.07) is 7.96. The van der Waals surface area contributed by atoms with E-state index in [1.54, 1.807) is 0 Å². The molecular weight excluding hydrogens is 418 g/mol. The summed E-state index contributed by atoms with van der Waals surface area (Å²) < 4.78 is 13.1. The SMILES string of the molecule is CC(C)CC(CC(=O)OCC1(CO)C/C(=C\c2cn(C)c3ccccc23)C(=O)O1)CC(C)C. The molecule has 1 atom stereocenters. The number of aryl methyl sites for hydroxylation is 1. The van der Waals surface area contributed by atoms with Gasteiger partial charge in [-0.15, -0.1) is 0 Å². The van der Waals surface area contributed by atoms with Crippen LogP contribution in [-0.4, -0.2) is 40.4 Å². The highest BCUT2D eigenvalue weighted by atomic mass is 16.6. The average Bonchev–Trinajstić information content (AvgIpc) is 3.23. The molecule has 1 unspecified atom stereocenters. The number of hydrogen-bond acceptors (Lipinski definition) is 5. The fourth-order valence-electron chi connectivity index (χ4n) is 4.82. The highest BCUT2D eigenvalue weighted by Gasteiger charge is 2.44. The summed E-state index contributed by atoms with van der Waals surface area (Å²) in [7, 11) is 1.96. The number of nitrogens with zero attached hydrogens (tertiary/aromatic N) is 1. The topological polar surface area (TPSA) is 77.8 Å². The molecule has 2 heterocycles. The number of benzene rings is 1. The Hall–Kier alpha value is -2.60. The van der Waals surface area contributed by atoms with Crippen LogP contribution in [-0.2, 0) is 26.1 Å². The lowest BCUT2D eigenvalue weighted by Gasteiger charge is -2.25. The van der Waals surface area contributed by atoms with Gasteiger partial charge < -0.3 is 19.1 Å². The lowest BCUT2D eigenvalue weighted by Crippen LogP contribution is -2.39. The summed E-state index contributed by atoms with van der Waals surface area (Å²) in [6.45, 7) is 8.07. The van der Waals surface area contributed by atoms with Crippen LogP contribution in [0, 0.1) is 17.8 Å². The molecule has 1 aromatic heterocycles. The predicted molar refractivity (Wildman–Crippen MR) is 129 cm³/mol. The Kier molecular flexibility index (Phi) is 8.01. The van der Waals surface area contributed by atoms with Crippen LogP contribution >= 0.6 is 0 Å². The van der Waals surface area contributed by atoms with Gasteiger partial charge in [-0.25, -0.2) is 4.79 Å². The Morgan fingerprint density at radius 2 is 1.88 bits per heavy atom. The van der Waals surface area contributed by atoms with Crippen LogP contribution in [0.1, 0.15) is 58.9 Å². The molecular formula is C27H37NO5. The third-order valence-corrected chi connectivity index (χ3v) is 6.19. The van der Waals surface area contributed by atoms with Gasteiger partial charge in [-0.3, -0.25) is 4.79 Å². The van der Waals surface area contributed by atoms with Gasteiger partial charge in [-0.1, -0.05) is 45.9 Å². The first-order valence-electron chi connectivity index (χ1n) is 11.9. The molecule has 1 saturated heterocycles. The first-order valence-corrected chi connectivity index (χ1v) is 11.9. The van der Waals surface area contributed by atoms with Crippen LogP contribution in [0.2, 0.25) is 0 Å². The van der Waals surface area contributed by atoms with Crippen LogP contribution in [0.4, 0.5) is 0 Å². The number of para-hydroxylation sites is 1. The molecule has 6 nitrogen and oxygen atoms in total. The minimum Gasteiger partial charge on any atom is -0.461 e. The van der Waals surface area contributed by atoms with Crippen molar-refractivity contribution >= 4 is 28.9 Å². The van der Waals surface area contributed by atoms with Crippen molar-refractivity contribution in [2.24, 2.45) is 24.8 Å². The van der Waals surface area contributed by atoms with Crippen molar-refractivity contribution in [3.8, 4) is 0 Å². The number of aliphatic hydroxyl groups is 1. The van der Waals surface area contributed by atoms with Crippen molar-refractivity contribution in [1.29, 1.82) is 0 Å². The van der Waals surface area contributed by atoms with Crippen LogP contribution in [0.3, 0.4) is 0 Å². The molecule has 1 aliphatic rings. The number of ether oxygens (including phenoxy) is 2. The van der Waals surface area contributed by atoms with Crippen molar-refractivity contribution in [3.63, 3.8) is 0 Å². The normalized spacial score (nSPS) is 19.9. The van der Waals surface area contributed by atoms with Gasteiger partial charge in [-0.05, 0) is 42.7 Å². The highest BCUT2D eigenvalue weighted by Crippen LogP contribution is 2.34. The molecule has 0 radical (unpaired) electrons. The largest absolute Gasteiger partial charge is 0.461 e. The second kappa shape index (κ2) is 10.6. The standard InChI is InChI=1S/C27H37NO5/c1-18(2)10-20(11-19(3)4)12-25(30)32-17-27(16-29)14-21(26(31)33-27)13-22-15-28(5)24-9-7-6-8-23(22)24/h6-9,13,15,18-20,29H,10-12,14,16-17H2,1-5H3/b21-13+. The molecule has 2 aromatic rings. The number of fused-ring (bicyclic) bond motifs is 1. The van der Waals surface area contributed by atoms with E-state index in [4.69, 9.17) is 9.47 Å². The zero-order valence-electron chi connectivity index (χ0n) is 20.5. The predicted octanol–water partition coefficient (Wildman–Crippen LogP) is 4.88. The van der Waals surface area contributed by atoms with Crippen molar-refractivity contribution in [2.75, 3.05) is 13.2 Å². The number of rotatable bonds is 10. The van der Waals surface area contributed by atoms with Gasteiger partial charge in [0.05, 0.1) is 6.61 Å². The fourth-order valence-corrected chi connectivity index (χ4v) is 4.82. The molecule has 180 valence electrons. The van der Waals surface area contributed by atoms with E-state index in [-0.39, 0.29) is 24.9 Å². The van der Waals surface area contributed by atoms with Gasteiger partial charge in [-0.2, -0.15) is 0 Å². The maximum absolute atomic E-state index is 12.6. The van der Waals surface area contributed by atoms with Crippen molar-refractivity contribution < 1.29 is 24.2 Å². The molecule has 0 saturated carbocycles. The monoisotopic (exact) mass is 455 g/mol. The number of carbonyl (C=O) groups is 2. The van der Waals surface area contributed by atoms with Gasteiger partial charge in [0.1, 0.15) is 6.61 Å². The van der Waals surface area contributed by atoms with E-state index < -0.39 is 18.2 Å². The Morgan fingerprint density at radius 3 is 2.52 bits per heavy atom. The van der Waals surface area contributed by atoms with Gasteiger partial charge >= 0.3 is 11.9 Å². The summed E-state index contributed by atoms with van der Waals surface area (Å²) in [5.74, 6) is 0.475. The van der Waals surface area contributed by atoms with Crippen LogP contribution < -0.4 is 0 Å². The molecule has 1 aliphatic heterocycles. The minimum absolute atomic E-state index is 0.142. The quantitative estimate of drug-likeness (QED) is 0.408. The molecule has 1 fully saturated rings. The third kappa shape index (κ3) is 6.26. The van der Waals surface area contributed by atoms with E-state index in [9.17, 15) is 14.7 Å². The first kappa shape index (κ1) is 25.0. The van der Waals surface area contributed by atoms with E-state index in [2.05, 4.69) is 27.7 Å². The summed E-state index contributed by atoms with van der Waals surface area (Å²) in [5, 5.41) is 11.1. The molecule has 0 bridgehead atoms. The maximum Gasteiger partial charge on any atom is 0.334 e. The van der Waals surface area contributed by atoms with Gasteiger partial charge in [0.15, 0.2) is 5.60 Å². The van der Waals surface area contributed by atoms with E-state index in [0.29, 0.717) is 23.8 Å². The van der Waals surface area contributed by atoms with Crippen molar-refractivity contribution in [2.45, 2.75) is 59.0 Å². The summed E-state index contributed by atoms with van der Waals surface area (Å²) in [5.41, 5.74) is 1.22. The third-order valence-electron chi connectivity index (χ3n) is 6.19. The molecule has 0 amide bonds. The second-order valence-corrected chi connectivity index (χ2v) is 10.3. The lowest BCUT2D eigenvalue weighted by molar-refractivity contribution is -0.166. The van der Waals surface area contributed by atoms with Gasteiger partial charge in [0.25, 0.3) is 0 Å². The Bertz CT molecular complexity index is 1010. The summed E-state index contributed by atoms with van der Waals surface area (Å²) >= 11 is 0. The smallest absolute Gasteiger partial charge is 0.334 e. The first-order chi connectivity index (χ1) is 15.6. The molecule has 0 aliphatic carbocycles. The number of aromatic nitrogens is 1. The van der Waals surface area contributed by atoms with Crippen LogP contribution in [0.25, 0.3) is 17.0 Å². The van der Waals surface area contributed by atoms with Crippen molar-refractivity contribution in [1.82, 2.24) is 4.57 Å². The van der Waals surface area contributed by atoms with E-state index in [1.807, 2.05) is 48.2 Å². The fraction of sp³-hybridized carbons (Fsp3) is 0.556. The Balaban J connectivity index is 1.68. The Morgan fingerprint density at radius 1 is 1.21 bits per heavy atom. The van der Waals surface area contributed by atoms with E-state index in [1.165, 1.54) is 0 Å².